The van der Waals surface area contributed by atoms with E-state index in [1.54, 1.807) is 12.1 Å². The van der Waals surface area contributed by atoms with Crippen LogP contribution in [0.1, 0.15) is 27.7 Å². The van der Waals surface area contributed by atoms with E-state index in [9.17, 15) is 24.0 Å². The maximum absolute atomic E-state index is 11.8. The summed E-state index contributed by atoms with van der Waals surface area (Å²) in [7, 11) is 0. The fourth-order valence-corrected chi connectivity index (χ4v) is 2.40. The fourth-order valence-electron chi connectivity index (χ4n) is 2.40. The molecule has 1 aromatic rings. The summed E-state index contributed by atoms with van der Waals surface area (Å²) in [4.78, 5) is 61.8. The molecule has 0 aliphatic carbocycles. The second-order valence-electron chi connectivity index (χ2n) is 5.99. The third-order valence-corrected chi connectivity index (χ3v) is 3.42. The Morgan fingerprint density at radius 2 is 1.50 bits per heavy atom. The van der Waals surface area contributed by atoms with E-state index in [1.165, 1.54) is 12.3 Å². The summed E-state index contributed by atoms with van der Waals surface area (Å²) in [6, 6.07) is 4.66. The first kappa shape index (κ1) is 24.5. The van der Waals surface area contributed by atoms with Crippen molar-refractivity contribution in [3.05, 3.63) is 24.4 Å². The number of carbonyl (C=O) groups is 5. The summed E-state index contributed by atoms with van der Waals surface area (Å²) in [5.74, 6) is -3.13. The molecule has 1 rings (SSSR count). The average molecular weight is 425 g/mol. The van der Waals surface area contributed by atoms with Gasteiger partial charge in [0.05, 0.1) is 0 Å². The number of aromatic nitrogens is 1. The second-order valence-corrected chi connectivity index (χ2v) is 5.99. The summed E-state index contributed by atoms with van der Waals surface area (Å²) < 4.78 is 25.8. The van der Waals surface area contributed by atoms with Gasteiger partial charge < -0.3 is 23.7 Å². The SMILES string of the molecule is CC(=O)OC[C@@H](OC(C)=O)[C@@H](OC(C)=O)[C@H](OC(C)=O)[C@H](C=O)Oc1ccccn1. The minimum atomic E-state index is -1.55. The first-order valence-electron chi connectivity index (χ1n) is 8.82. The number of nitrogens with zero attached hydrogens (tertiary/aromatic N) is 1. The summed E-state index contributed by atoms with van der Waals surface area (Å²) in [5, 5.41) is 0. The topological polar surface area (TPSA) is 144 Å². The van der Waals surface area contributed by atoms with Crippen LogP contribution in [0.2, 0.25) is 0 Å². The van der Waals surface area contributed by atoms with Crippen LogP contribution in [0.5, 0.6) is 5.88 Å². The van der Waals surface area contributed by atoms with Gasteiger partial charge >= 0.3 is 23.9 Å². The number of carbonyl (C=O) groups excluding carboxylic acids is 5. The van der Waals surface area contributed by atoms with Gasteiger partial charge in [-0.3, -0.25) is 24.0 Å². The van der Waals surface area contributed by atoms with Gasteiger partial charge in [0, 0.05) is 40.0 Å². The van der Waals surface area contributed by atoms with Gasteiger partial charge in [-0.15, -0.1) is 0 Å². The van der Waals surface area contributed by atoms with Gasteiger partial charge in [0.1, 0.15) is 6.61 Å². The van der Waals surface area contributed by atoms with Crippen LogP contribution < -0.4 is 4.74 Å². The summed E-state index contributed by atoms with van der Waals surface area (Å²) in [6.45, 7) is 3.79. The molecule has 11 nitrogen and oxygen atoms in total. The number of aldehydes is 1. The molecule has 0 aromatic carbocycles. The van der Waals surface area contributed by atoms with E-state index in [1.807, 2.05) is 0 Å². The second kappa shape index (κ2) is 12.1. The van der Waals surface area contributed by atoms with Gasteiger partial charge in [-0.25, -0.2) is 4.98 Å². The standard InChI is InChI=1S/C19H23NO10/c1-11(22)26-10-16(27-12(2)23)19(29-14(4)25)18(28-13(3)24)15(9-21)30-17-7-5-6-8-20-17/h5-9,15-16,18-19H,10H2,1-4H3/t15-,16+,18+,19+/m0/s1. The maximum Gasteiger partial charge on any atom is 0.303 e. The predicted molar refractivity (Wildman–Crippen MR) is 98.0 cm³/mol. The lowest BCUT2D eigenvalue weighted by atomic mass is 10.0. The van der Waals surface area contributed by atoms with Gasteiger partial charge in [0.2, 0.25) is 5.88 Å². The van der Waals surface area contributed by atoms with Crippen molar-refractivity contribution in [2.45, 2.75) is 52.1 Å². The van der Waals surface area contributed by atoms with E-state index >= 15 is 0 Å². The quantitative estimate of drug-likeness (QED) is 0.276. The van der Waals surface area contributed by atoms with E-state index in [0.29, 0.717) is 6.29 Å². The zero-order valence-corrected chi connectivity index (χ0v) is 16.9. The lowest BCUT2D eigenvalue weighted by molar-refractivity contribution is -0.196. The monoisotopic (exact) mass is 425 g/mol. The van der Waals surface area contributed by atoms with Gasteiger partial charge in [-0.2, -0.15) is 0 Å². The lowest BCUT2D eigenvalue weighted by Crippen LogP contribution is -2.54. The summed E-state index contributed by atoms with van der Waals surface area (Å²) in [5.41, 5.74) is 0. The van der Waals surface area contributed by atoms with Crippen LogP contribution >= 0.6 is 0 Å². The van der Waals surface area contributed by atoms with E-state index in [0.717, 1.165) is 27.7 Å². The molecule has 11 heteroatoms. The molecule has 0 amide bonds. The minimum Gasteiger partial charge on any atom is -0.462 e. The molecule has 1 heterocycles. The minimum absolute atomic E-state index is 0.0253. The molecule has 1 aromatic heterocycles. The highest BCUT2D eigenvalue weighted by Gasteiger charge is 2.43. The highest BCUT2D eigenvalue weighted by molar-refractivity contribution is 5.69. The molecule has 164 valence electrons. The number of ether oxygens (including phenoxy) is 5. The number of pyridine rings is 1. The molecule has 30 heavy (non-hydrogen) atoms. The van der Waals surface area contributed by atoms with Crippen LogP contribution in [0.15, 0.2) is 24.4 Å². The van der Waals surface area contributed by atoms with Crippen molar-refractivity contribution < 1.29 is 47.7 Å². The van der Waals surface area contributed by atoms with Gasteiger partial charge in [-0.05, 0) is 6.07 Å². The van der Waals surface area contributed by atoms with Crippen molar-refractivity contribution in [3.8, 4) is 5.88 Å². The lowest BCUT2D eigenvalue weighted by Gasteiger charge is -2.33. The summed E-state index contributed by atoms with van der Waals surface area (Å²) in [6.07, 6.45) is -4.25. The molecule has 0 aliphatic rings. The normalized spacial score (nSPS) is 14.3. The highest BCUT2D eigenvalue weighted by Crippen LogP contribution is 2.20. The first-order chi connectivity index (χ1) is 14.1. The van der Waals surface area contributed by atoms with Crippen LogP contribution in [-0.4, -0.2) is 66.2 Å². The Kier molecular flexibility index (Phi) is 9.93. The molecular weight excluding hydrogens is 402 g/mol. The predicted octanol–water partition coefficient (Wildman–Crippen LogP) is 0.386. The third-order valence-electron chi connectivity index (χ3n) is 3.42. The third kappa shape index (κ3) is 8.67. The zero-order valence-electron chi connectivity index (χ0n) is 16.9. The van der Waals surface area contributed by atoms with Gasteiger partial charge in [-0.1, -0.05) is 6.07 Å². The van der Waals surface area contributed by atoms with E-state index in [4.69, 9.17) is 23.7 Å². The van der Waals surface area contributed by atoms with Crippen LogP contribution in [-0.2, 0) is 42.9 Å². The Morgan fingerprint density at radius 3 is 1.97 bits per heavy atom. The highest BCUT2D eigenvalue weighted by atomic mass is 16.6. The van der Waals surface area contributed by atoms with Crippen molar-refractivity contribution >= 4 is 30.2 Å². The van der Waals surface area contributed by atoms with Crippen LogP contribution in [0.4, 0.5) is 0 Å². The molecule has 0 saturated heterocycles. The Balaban J connectivity index is 3.33. The molecular formula is C19H23NO10. The molecule has 0 saturated carbocycles. The van der Waals surface area contributed by atoms with E-state index < -0.39 is 54.9 Å². The van der Waals surface area contributed by atoms with Crippen molar-refractivity contribution in [2.75, 3.05) is 6.61 Å². The number of rotatable bonds is 11. The maximum atomic E-state index is 11.8. The Labute approximate surface area is 172 Å². The smallest absolute Gasteiger partial charge is 0.303 e. The molecule has 0 N–H and O–H groups in total. The largest absolute Gasteiger partial charge is 0.462 e. The van der Waals surface area contributed by atoms with Crippen molar-refractivity contribution in [1.82, 2.24) is 4.98 Å². The van der Waals surface area contributed by atoms with Gasteiger partial charge in [0.25, 0.3) is 0 Å². The van der Waals surface area contributed by atoms with Crippen LogP contribution in [0, 0.1) is 0 Å². The number of hydrogen-bond donors (Lipinski definition) is 0. The Morgan fingerprint density at radius 1 is 0.900 bits per heavy atom. The Hall–Kier alpha value is -3.50. The molecule has 0 spiro atoms. The van der Waals surface area contributed by atoms with E-state index in [-0.39, 0.29) is 5.88 Å². The van der Waals surface area contributed by atoms with Crippen molar-refractivity contribution in [2.24, 2.45) is 0 Å². The molecule has 0 fully saturated rings. The van der Waals surface area contributed by atoms with E-state index in [2.05, 4.69) is 4.98 Å². The molecule has 0 bridgehead atoms. The van der Waals surface area contributed by atoms with Crippen molar-refractivity contribution in [1.29, 1.82) is 0 Å². The van der Waals surface area contributed by atoms with Crippen LogP contribution in [0.25, 0.3) is 0 Å². The van der Waals surface area contributed by atoms with Crippen LogP contribution in [0.3, 0.4) is 0 Å². The molecule has 0 radical (unpaired) electrons. The summed E-state index contributed by atoms with van der Waals surface area (Å²) >= 11 is 0. The molecule has 0 unspecified atom stereocenters. The first-order valence-corrected chi connectivity index (χ1v) is 8.82. The molecule has 0 aliphatic heterocycles. The average Bonchev–Trinajstić information content (AvgIpc) is 2.66. The number of esters is 4. The molecule has 4 atom stereocenters. The van der Waals surface area contributed by atoms with Crippen molar-refractivity contribution in [3.63, 3.8) is 0 Å². The number of hydrogen-bond acceptors (Lipinski definition) is 11. The zero-order chi connectivity index (χ0) is 22.7. The fraction of sp³-hybridized carbons (Fsp3) is 0.474. The van der Waals surface area contributed by atoms with Gasteiger partial charge in [0.15, 0.2) is 30.7 Å². The Bertz CT molecular complexity index is 751.